The molecule has 134 valence electrons. The van der Waals surface area contributed by atoms with Gasteiger partial charge in [0, 0.05) is 5.02 Å². The van der Waals surface area contributed by atoms with Crippen LogP contribution in [-0.2, 0) is 4.79 Å². The van der Waals surface area contributed by atoms with Gasteiger partial charge in [-0.2, -0.15) is 0 Å². The van der Waals surface area contributed by atoms with E-state index in [1.165, 1.54) is 0 Å². The predicted octanol–water partition coefficient (Wildman–Crippen LogP) is 5.26. The van der Waals surface area contributed by atoms with Crippen LogP contribution < -0.4 is 14.2 Å². The van der Waals surface area contributed by atoms with Crippen molar-refractivity contribution in [2.75, 3.05) is 7.11 Å². The highest BCUT2D eigenvalue weighted by Crippen LogP contribution is 2.27. The van der Waals surface area contributed by atoms with Gasteiger partial charge in [0.15, 0.2) is 0 Å². The lowest BCUT2D eigenvalue weighted by molar-refractivity contribution is -0.149. The van der Waals surface area contributed by atoms with Crippen LogP contribution in [0.1, 0.15) is 13.8 Å². The molecule has 3 aromatic rings. The van der Waals surface area contributed by atoms with Crippen molar-refractivity contribution in [3.8, 4) is 17.2 Å². The summed E-state index contributed by atoms with van der Waals surface area (Å²) in [4.78, 5) is 12.6. The van der Waals surface area contributed by atoms with Gasteiger partial charge in [0.1, 0.15) is 17.2 Å². The van der Waals surface area contributed by atoms with Crippen LogP contribution in [0.15, 0.2) is 60.7 Å². The molecular weight excluding hydrogens is 352 g/mol. The van der Waals surface area contributed by atoms with E-state index in [2.05, 4.69) is 0 Å². The number of ether oxygens (including phenoxy) is 3. The van der Waals surface area contributed by atoms with Gasteiger partial charge in [0.05, 0.1) is 7.11 Å². The van der Waals surface area contributed by atoms with Crippen molar-refractivity contribution in [3.63, 3.8) is 0 Å². The summed E-state index contributed by atoms with van der Waals surface area (Å²) < 4.78 is 16.5. The van der Waals surface area contributed by atoms with Crippen LogP contribution in [0.2, 0.25) is 5.02 Å². The summed E-state index contributed by atoms with van der Waals surface area (Å²) >= 11 is 5.87. The Morgan fingerprint density at radius 2 is 1.42 bits per heavy atom. The van der Waals surface area contributed by atoms with E-state index in [9.17, 15) is 4.79 Å². The molecule has 0 bridgehead atoms. The van der Waals surface area contributed by atoms with Crippen LogP contribution >= 0.6 is 11.6 Å². The van der Waals surface area contributed by atoms with Crippen molar-refractivity contribution < 1.29 is 19.0 Å². The Hall–Kier alpha value is -2.72. The fraction of sp³-hybridized carbons (Fsp3) is 0.190. The molecule has 5 heteroatoms. The number of benzene rings is 3. The minimum Gasteiger partial charge on any atom is -0.497 e. The number of carbonyl (C=O) groups excluding carboxylic acids is 1. The molecule has 0 atom stereocenters. The minimum absolute atomic E-state index is 0.448. The second kappa shape index (κ2) is 7.26. The molecule has 26 heavy (non-hydrogen) atoms. The fourth-order valence-corrected chi connectivity index (χ4v) is 2.59. The largest absolute Gasteiger partial charge is 0.497 e. The van der Waals surface area contributed by atoms with Crippen molar-refractivity contribution in [2.45, 2.75) is 19.4 Å². The normalized spacial score (nSPS) is 11.2. The second-order valence-electron chi connectivity index (χ2n) is 6.33. The summed E-state index contributed by atoms with van der Waals surface area (Å²) in [5, 5.41) is 2.55. The van der Waals surface area contributed by atoms with Gasteiger partial charge in [-0.25, -0.2) is 4.79 Å². The molecule has 0 aliphatic rings. The minimum atomic E-state index is -1.16. The van der Waals surface area contributed by atoms with Crippen LogP contribution in [0.5, 0.6) is 17.2 Å². The summed E-state index contributed by atoms with van der Waals surface area (Å²) in [5.41, 5.74) is -1.16. The fourth-order valence-electron chi connectivity index (χ4n) is 2.46. The van der Waals surface area contributed by atoms with Gasteiger partial charge >= 0.3 is 5.97 Å². The highest BCUT2D eigenvalue weighted by molar-refractivity contribution is 6.30. The molecule has 0 heterocycles. The van der Waals surface area contributed by atoms with E-state index in [0.29, 0.717) is 16.5 Å². The Morgan fingerprint density at radius 1 is 0.846 bits per heavy atom. The van der Waals surface area contributed by atoms with Gasteiger partial charge in [0.25, 0.3) is 0 Å². The summed E-state index contributed by atoms with van der Waals surface area (Å²) in [6, 6.07) is 18.0. The van der Waals surface area contributed by atoms with Crippen molar-refractivity contribution in [1.29, 1.82) is 0 Å². The number of methoxy groups -OCH3 is 1. The lowest BCUT2D eigenvalue weighted by atomic mass is 10.1. The molecule has 0 radical (unpaired) electrons. The van der Waals surface area contributed by atoms with E-state index in [-0.39, 0.29) is 0 Å². The Kier molecular flexibility index (Phi) is 5.05. The molecule has 0 spiro atoms. The SMILES string of the molecule is COc1ccc2ccc(OC(=O)C(C)(C)Oc3ccc(Cl)cc3)cc2c1. The summed E-state index contributed by atoms with van der Waals surface area (Å²) in [6.07, 6.45) is 0. The van der Waals surface area contributed by atoms with Crippen molar-refractivity contribution in [3.05, 3.63) is 65.7 Å². The van der Waals surface area contributed by atoms with Gasteiger partial charge in [0.2, 0.25) is 5.60 Å². The first-order valence-electron chi connectivity index (χ1n) is 8.12. The number of fused-ring (bicyclic) bond motifs is 1. The van der Waals surface area contributed by atoms with Crippen LogP contribution in [0.4, 0.5) is 0 Å². The first-order valence-corrected chi connectivity index (χ1v) is 8.50. The number of hydrogen-bond acceptors (Lipinski definition) is 4. The molecule has 0 aromatic heterocycles. The smallest absolute Gasteiger partial charge is 0.355 e. The third kappa shape index (κ3) is 4.09. The van der Waals surface area contributed by atoms with Crippen molar-refractivity contribution >= 4 is 28.3 Å². The van der Waals surface area contributed by atoms with E-state index in [0.717, 1.165) is 16.5 Å². The molecule has 0 aliphatic carbocycles. The molecule has 0 fully saturated rings. The van der Waals surface area contributed by atoms with Gasteiger partial charge in [-0.3, -0.25) is 0 Å². The maximum absolute atomic E-state index is 12.6. The molecule has 0 saturated heterocycles. The average molecular weight is 371 g/mol. The lowest BCUT2D eigenvalue weighted by Crippen LogP contribution is -2.41. The highest BCUT2D eigenvalue weighted by Gasteiger charge is 2.32. The summed E-state index contributed by atoms with van der Waals surface area (Å²) in [5.74, 6) is 1.24. The average Bonchev–Trinajstić information content (AvgIpc) is 2.62. The molecule has 4 nitrogen and oxygen atoms in total. The quantitative estimate of drug-likeness (QED) is 0.453. The Morgan fingerprint density at radius 3 is 2.08 bits per heavy atom. The molecule has 0 saturated carbocycles. The highest BCUT2D eigenvalue weighted by atomic mass is 35.5. The number of rotatable bonds is 5. The van der Waals surface area contributed by atoms with E-state index in [4.69, 9.17) is 25.8 Å². The van der Waals surface area contributed by atoms with Gasteiger partial charge in [-0.05, 0) is 73.2 Å². The predicted molar refractivity (Wildman–Crippen MR) is 102 cm³/mol. The molecule has 0 N–H and O–H groups in total. The second-order valence-corrected chi connectivity index (χ2v) is 6.77. The molecule has 0 amide bonds. The third-order valence-corrected chi connectivity index (χ3v) is 4.16. The van der Waals surface area contributed by atoms with E-state index in [1.54, 1.807) is 57.4 Å². The van der Waals surface area contributed by atoms with Gasteiger partial charge < -0.3 is 14.2 Å². The maximum atomic E-state index is 12.6. The zero-order valence-corrected chi connectivity index (χ0v) is 15.5. The van der Waals surface area contributed by atoms with Gasteiger partial charge in [-0.15, -0.1) is 0 Å². The van der Waals surface area contributed by atoms with E-state index in [1.807, 2.05) is 24.3 Å². The molecular formula is C21H19ClO4. The molecule has 3 aromatic carbocycles. The van der Waals surface area contributed by atoms with Crippen LogP contribution in [0.25, 0.3) is 10.8 Å². The molecule has 0 aliphatic heterocycles. The Bertz CT molecular complexity index is 932. The topological polar surface area (TPSA) is 44.8 Å². The van der Waals surface area contributed by atoms with E-state index < -0.39 is 11.6 Å². The van der Waals surface area contributed by atoms with Crippen molar-refractivity contribution in [2.24, 2.45) is 0 Å². The monoisotopic (exact) mass is 370 g/mol. The number of esters is 1. The number of halogens is 1. The molecule has 0 unspecified atom stereocenters. The van der Waals surface area contributed by atoms with Gasteiger partial charge in [-0.1, -0.05) is 23.7 Å². The number of carbonyl (C=O) groups is 1. The lowest BCUT2D eigenvalue weighted by Gasteiger charge is -2.24. The van der Waals surface area contributed by atoms with Crippen LogP contribution in [0.3, 0.4) is 0 Å². The standard InChI is InChI=1S/C21H19ClO4/c1-21(2,26-17-10-6-16(22)7-11-17)20(23)25-19-9-5-14-4-8-18(24-3)12-15(14)13-19/h4-13H,1-3H3. The third-order valence-electron chi connectivity index (χ3n) is 3.91. The first kappa shape index (κ1) is 18.1. The maximum Gasteiger partial charge on any atom is 0.355 e. The summed E-state index contributed by atoms with van der Waals surface area (Å²) in [6.45, 7) is 3.32. The number of hydrogen-bond donors (Lipinski definition) is 0. The Balaban J connectivity index is 1.77. The summed E-state index contributed by atoms with van der Waals surface area (Å²) in [7, 11) is 1.61. The zero-order valence-electron chi connectivity index (χ0n) is 14.8. The van der Waals surface area contributed by atoms with Crippen LogP contribution in [0, 0.1) is 0 Å². The van der Waals surface area contributed by atoms with Crippen molar-refractivity contribution in [1.82, 2.24) is 0 Å². The van der Waals surface area contributed by atoms with E-state index >= 15 is 0 Å². The molecule has 3 rings (SSSR count). The van der Waals surface area contributed by atoms with Crippen LogP contribution in [-0.4, -0.2) is 18.7 Å². The zero-order chi connectivity index (χ0) is 18.7. The first-order chi connectivity index (χ1) is 12.4. The Labute approximate surface area is 157 Å².